The molecule has 0 aliphatic heterocycles. The number of hydrogen-bond acceptors (Lipinski definition) is 3. The Hall–Kier alpha value is -0.410. The van der Waals surface area contributed by atoms with Crippen molar-refractivity contribution in [2.24, 2.45) is 11.7 Å². The standard InChI is InChI=1S/C10H18N2S/c1-7(2)10-12-9(6-13-10)4-8(3)5-11/h6-8H,4-5,11H2,1-3H3. The number of thiazole rings is 1. The van der Waals surface area contributed by atoms with E-state index in [9.17, 15) is 0 Å². The van der Waals surface area contributed by atoms with Gasteiger partial charge in [-0.3, -0.25) is 0 Å². The van der Waals surface area contributed by atoms with Crippen molar-refractivity contribution in [2.45, 2.75) is 33.1 Å². The van der Waals surface area contributed by atoms with Crippen LogP contribution in [0.2, 0.25) is 0 Å². The molecule has 1 unspecified atom stereocenters. The van der Waals surface area contributed by atoms with Gasteiger partial charge in [-0.2, -0.15) is 0 Å². The fourth-order valence-corrected chi connectivity index (χ4v) is 1.97. The smallest absolute Gasteiger partial charge is 0.0953 e. The molecule has 0 radical (unpaired) electrons. The molecule has 74 valence electrons. The van der Waals surface area contributed by atoms with Crippen LogP contribution in [0.25, 0.3) is 0 Å². The lowest BCUT2D eigenvalue weighted by atomic mass is 10.1. The lowest BCUT2D eigenvalue weighted by Gasteiger charge is -2.04. The van der Waals surface area contributed by atoms with Gasteiger partial charge in [-0.25, -0.2) is 4.98 Å². The highest BCUT2D eigenvalue weighted by molar-refractivity contribution is 7.09. The lowest BCUT2D eigenvalue weighted by Crippen LogP contribution is -2.13. The maximum absolute atomic E-state index is 5.56. The van der Waals surface area contributed by atoms with Crippen LogP contribution in [0.3, 0.4) is 0 Å². The molecule has 0 aliphatic carbocycles. The first-order valence-electron chi connectivity index (χ1n) is 4.77. The third-order valence-electron chi connectivity index (χ3n) is 2.02. The van der Waals surface area contributed by atoms with Gasteiger partial charge in [0, 0.05) is 11.3 Å². The van der Waals surface area contributed by atoms with Crippen molar-refractivity contribution >= 4 is 11.3 Å². The Kier molecular flexibility index (Phi) is 3.88. The van der Waals surface area contributed by atoms with Crippen LogP contribution < -0.4 is 5.73 Å². The topological polar surface area (TPSA) is 38.9 Å². The molecule has 1 atom stereocenters. The second kappa shape index (κ2) is 4.72. The van der Waals surface area contributed by atoms with Gasteiger partial charge in [-0.15, -0.1) is 11.3 Å². The Balaban J connectivity index is 2.58. The molecule has 0 saturated carbocycles. The molecule has 1 aromatic heterocycles. The summed E-state index contributed by atoms with van der Waals surface area (Å²) in [7, 11) is 0. The largest absolute Gasteiger partial charge is 0.330 e. The third-order valence-corrected chi connectivity index (χ3v) is 3.22. The van der Waals surface area contributed by atoms with Crippen LogP contribution in [-0.2, 0) is 6.42 Å². The Morgan fingerprint density at radius 3 is 2.62 bits per heavy atom. The van der Waals surface area contributed by atoms with E-state index in [2.05, 4.69) is 31.1 Å². The molecule has 2 nitrogen and oxygen atoms in total. The first-order valence-corrected chi connectivity index (χ1v) is 5.65. The summed E-state index contributed by atoms with van der Waals surface area (Å²) in [6.45, 7) is 7.26. The van der Waals surface area contributed by atoms with Crippen molar-refractivity contribution in [2.75, 3.05) is 6.54 Å². The van der Waals surface area contributed by atoms with Crippen LogP contribution in [0.5, 0.6) is 0 Å². The van der Waals surface area contributed by atoms with Crippen molar-refractivity contribution < 1.29 is 0 Å². The van der Waals surface area contributed by atoms with Gasteiger partial charge in [0.2, 0.25) is 0 Å². The number of hydrogen-bond donors (Lipinski definition) is 1. The third kappa shape index (κ3) is 3.08. The molecule has 13 heavy (non-hydrogen) atoms. The van der Waals surface area contributed by atoms with E-state index in [1.54, 1.807) is 11.3 Å². The number of rotatable bonds is 4. The molecule has 1 aromatic rings. The molecule has 0 bridgehead atoms. The van der Waals surface area contributed by atoms with Gasteiger partial charge < -0.3 is 5.73 Å². The number of aromatic nitrogens is 1. The van der Waals surface area contributed by atoms with E-state index in [1.165, 1.54) is 10.7 Å². The second-order valence-electron chi connectivity index (χ2n) is 3.88. The summed E-state index contributed by atoms with van der Waals surface area (Å²) in [4.78, 5) is 4.56. The molecule has 1 rings (SSSR count). The molecule has 0 amide bonds. The van der Waals surface area contributed by atoms with E-state index in [4.69, 9.17) is 5.73 Å². The predicted molar refractivity (Wildman–Crippen MR) is 58.1 cm³/mol. The number of nitrogens with zero attached hydrogens (tertiary/aromatic N) is 1. The molecule has 0 fully saturated rings. The van der Waals surface area contributed by atoms with Crippen LogP contribution in [0.4, 0.5) is 0 Å². The van der Waals surface area contributed by atoms with E-state index in [0.717, 1.165) is 13.0 Å². The van der Waals surface area contributed by atoms with E-state index < -0.39 is 0 Å². The maximum Gasteiger partial charge on any atom is 0.0953 e. The van der Waals surface area contributed by atoms with E-state index in [-0.39, 0.29) is 0 Å². The molecular formula is C10H18N2S. The van der Waals surface area contributed by atoms with Crippen LogP contribution in [-0.4, -0.2) is 11.5 Å². The molecule has 0 aromatic carbocycles. The van der Waals surface area contributed by atoms with Gasteiger partial charge in [0.05, 0.1) is 10.7 Å². The summed E-state index contributed by atoms with van der Waals surface area (Å²) in [6, 6.07) is 0. The van der Waals surface area contributed by atoms with E-state index in [0.29, 0.717) is 11.8 Å². The van der Waals surface area contributed by atoms with Crippen LogP contribution in [0.15, 0.2) is 5.38 Å². The van der Waals surface area contributed by atoms with Gasteiger partial charge in [0.1, 0.15) is 0 Å². The zero-order valence-electron chi connectivity index (χ0n) is 8.58. The monoisotopic (exact) mass is 198 g/mol. The minimum atomic E-state index is 0.544. The highest BCUT2D eigenvalue weighted by Gasteiger charge is 2.07. The van der Waals surface area contributed by atoms with Crippen LogP contribution >= 0.6 is 11.3 Å². The molecule has 0 aliphatic rings. The Morgan fingerprint density at radius 2 is 2.15 bits per heavy atom. The fourth-order valence-electron chi connectivity index (χ4n) is 1.12. The average molecular weight is 198 g/mol. The minimum Gasteiger partial charge on any atom is -0.330 e. The summed E-state index contributed by atoms with van der Waals surface area (Å²) < 4.78 is 0. The van der Waals surface area contributed by atoms with Gasteiger partial charge in [-0.05, 0) is 18.9 Å². The Morgan fingerprint density at radius 1 is 1.46 bits per heavy atom. The first kappa shape index (κ1) is 10.7. The van der Waals surface area contributed by atoms with Crippen LogP contribution in [0.1, 0.15) is 37.4 Å². The zero-order chi connectivity index (χ0) is 9.84. The highest BCUT2D eigenvalue weighted by Crippen LogP contribution is 2.20. The van der Waals surface area contributed by atoms with Gasteiger partial charge in [0.25, 0.3) is 0 Å². The van der Waals surface area contributed by atoms with Crippen molar-refractivity contribution in [3.63, 3.8) is 0 Å². The summed E-state index contributed by atoms with van der Waals surface area (Å²) in [5, 5.41) is 3.39. The molecule has 1 heterocycles. The summed E-state index contributed by atoms with van der Waals surface area (Å²) in [5.41, 5.74) is 6.76. The van der Waals surface area contributed by atoms with Crippen molar-refractivity contribution in [3.05, 3.63) is 16.1 Å². The number of nitrogens with two attached hydrogens (primary N) is 1. The van der Waals surface area contributed by atoms with Gasteiger partial charge >= 0.3 is 0 Å². The van der Waals surface area contributed by atoms with Crippen molar-refractivity contribution in [1.82, 2.24) is 4.98 Å². The van der Waals surface area contributed by atoms with E-state index in [1.807, 2.05) is 0 Å². The highest BCUT2D eigenvalue weighted by atomic mass is 32.1. The summed E-state index contributed by atoms with van der Waals surface area (Å²) in [5.74, 6) is 1.09. The quantitative estimate of drug-likeness (QED) is 0.807. The zero-order valence-corrected chi connectivity index (χ0v) is 9.40. The van der Waals surface area contributed by atoms with E-state index >= 15 is 0 Å². The van der Waals surface area contributed by atoms with Gasteiger partial charge in [-0.1, -0.05) is 20.8 Å². The Bertz CT molecular complexity index is 255. The summed E-state index contributed by atoms with van der Waals surface area (Å²) in [6.07, 6.45) is 1.01. The molecule has 0 spiro atoms. The molecule has 0 saturated heterocycles. The summed E-state index contributed by atoms with van der Waals surface area (Å²) >= 11 is 1.76. The lowest BCUT2D eigenvalue weighted by molar-refractivity contribution is 0.584. The second-order valence-corrected chi connectivity index (χ2v) is 4.77. The Labute approximate surface area is 84.2 Å². The minimum absolute atomic E-state index is 0.544. The first-order chi connectivity index (χ1) is 6.13. The normalized spacial score (nSPS) is 13.6. The molecule has 2 N–H and O–H groups in total. The average Bonchev–Trinajstić information content (AvgIpc) is 2.52. The van der Waals surface area contributed by atoms with Crippen LogP contribution in [0, 0.1) is 5.92 Å². The van der Waals surface area contributed by atoms with Crippen molar-refractivity contribution in [3.8, 4) is 0 Å². The SMILES string of the molecule is CC(CN)Cc1csc(C(C)C)n1. The predicted octanol–water partition coefficient (Wildman–Crippen LogP) is 2.40. The molecular weight excluding hydrogens is 180 g/mol. The molecule has 3 heteroatoms. The van der Waals surface area contributed by atoms with Gasteiger partial charge in [0.15, 0.2) is 0 Å². The fraction of sp³-hybridized carbons (Fsp3) is 0.700. The maximum atomic E-state index is 5.56. The van der Waals surface area contributed by atoms with Crippen molar-refractivity contribution in [1.29, 1.82) is 0 Å².